The topological polar surface area (TPSA) is 94.6 Å². The molecule has 0 bridgehead atoms. The molecule has 1 aromatic rings. The summed E-state index contributed by atoms with van der Waals surface area (Å²) in [5, 5.41) is 10.4. The van der Waals surface area contributed by atoms with E-state index in [-0.39, 0.29) is 17.9 Å². The van der Waals surface area contributed by atoms with Gasteiger partial charge < -0.3 is 16.5 Å². The van der Waals surface area contributed by atoms with Crippen molar-refractivity contribution in [2.75, 3.05) is 19.4 Å². The summed E-state index contributed by atoms with van der Waals surface area (Å²) < 4.78 is 0. The lowest BCUT2D eigenvalue weighted by molar-refractivity contribution is -0.127. The Morgan fingerprint density at radius 1 is 1.58 bits per heavy atom. The normalized spacial score (nSPS) is 19.1. The Balaban J connectivity index is 2.38. The van der Waals surface area contributed by atoms with Crippen LogP contribution in [-0.2, 0) is 4.79 Å². The molecule has 6 heteroatoms. The van der Waals surface area contributed by atoms with Gasteiger partial charge in [0.25, 0.3) is 0 Å². The van der Waals surface area contributed by atoms with Crippen LogP contribution in [-0.4, -0.2) is 37.1 Å². The molecule has 0 fully saturated rings. The van der Waals surface area contributed by atoms with Gasteiger partial charge in [-0.25, -0.2) is 4.99 Å². The monoisotopic (exact) mass is 259 g/mol. The number of aliphatic imine (C=N–C) groups is 1. The number of benzene rings is 1. The Bertz CT molecular complexity index is 552. The zero-order valence-electron chi connectivity index (χ0n) is 11.0. The van der Waals surface area contributed by atoms with Gasteiger partial charge in [0.2, 0.25) is 5.91 Å². The maximum atomic E-state index is 11.8. The van der Waals surface area contributed by atoms with E-state index in [1.807, 2.05) is 18.2 Å². The summed E-state index contributed by atoms with van der Waals surface area (Å²) in [5.74, 6) is 0.182. The fourth-order valence-electron chi connectivity index (χ4n) is 2.05. The van der Waals surface area contributed by atoms with E-state index in [0.29, 0.717) is 6.42 Å². The number of rotatable bonds is 3. The third-order valence-electron chi connectivity index (χ3n) is 3.26. The molecule has 2 rings (SSSR count). The van der Waals surface area contributed by atoms with Crippen LogP contribution in [0.3, 0.4) is 0 Å². The molecular weight excluding hydrogens is 242 g/mol. The van der Waals surface area contributed by atoms with Crippen molar-refractivity contribution in [2.24, 2.45) is 10.7 Å². The lowest BCUT2D eigenvalue weighted by atomic mass is 9.99. The SMILES string of the molecule is CNc1ccc(C2CC(=O)N(C)C(N)=N2)cc1C=N. The van der Waals surface area contributed by atoms with Gasteiger partial charge in [-0.2, -0.15) is 0 Å². The lowest BCUT2D eigenvalue weighted by Gasteiger charge is -2.26. The first kappa shape index (κ1) is 13.1. The van der Waals surface area contributed by atoms with E-state index in [9.17, 15) is 4.79 Å². The molecule has 0 spiro atoms. The Kier molecular flexibility index (Phi) is 3.50. The molecule has 1 aliphatic heterocycles. The average molecular weight is 259 g/mol. The third kappa shape index (κ3) is 2.42. The van der Waals surface area contributed by atoms with Gasteiger partial charge >= 0.3 is 0 Å². The van der Waals surface area contributed by atoms with Gasteiger partial charge in [0.1, 0.15) is 0 Å². The van der Waals surface area contributed by atoms with E-state index < -0.39 is 0 Å². The Morgan fingerprint density at radius 2 is 2.32 bits per heavy atom. The van der Waals surface area contributed by atoms with E-state index in [2.05, 4.69) is 10.3 Å². The molecule has 4 N–H and O–H groups in total. The number of hydrogen-bond donors (Lipinski definition) is 3. The second-order valence-electron chi connectivity index (χ2n) is 4.40. The molecule has 1 atom stereocenters. The predicted molar refractivity (Wildman–Crippen MR) is 75.6 cm³/mol. The number of carbonyl (C=O) groups excluding carboxylic acids is 1. The van der Waals surface area contributed by atoms with Gasteiger partial charge in [0.15, 0.2) is 5.96 Å². The first-order valence-electron chi connectivity index (χ1n) is 5.98. The standard InChI is InChI=1S/C13H17N5O/c1-16-10-4-3-8(5-9(10)7-14)11-6-12(19)18(2)13(15)17-11/h3-5,7,11,14,16H,6H2,1-2H3,(H2,15,17). The summed E-state index contributed by atoms with van der Waals surface area (Å²) in [6.45, 7) is 0. The first-order chi connectivity index (χ1) is 9.06. The van der Waals surface area contributed by atoms with E-state index in [0.717, 1.165) is 16.8 Å². The molecule has 6 nitrogen and oxygen atoms in total. The molecule has 1 aliphatic rings. The van der Waals surface area contributed by atoms with Crippen LogP contribution in [0.15, 0.2) is 23.2 Å². The van der Waals surface area contributed by atoms with Crippen LogP contribution in [0.25, 0.3) is 0 Å². The molecule has 1 heterocycles. The van der Waals surface area contributed by atoms with Crippen molar-refractivity contribution in [3.63, 3.8) is 0 Å². The predicted octanol–water partition coefficient (Wildman–Crippen LogP) is 0.944. The van der Waals surface area contributed by atoms with Crippen molar-refractivity contribution < 1.29 is 4.79 Å². The van der Waals surface area contributed by atoms with Crippen LogP contribution >= 0.6 is 0 Å². The summed E-state index contributed by atoms with van der Waals surface area (Å²) in [6, 6.07) is 5.37. The number of carbonyl (C=O) groups is 1. The minimum atomic E-state index is -0.270. The van der Waals surface area contributed by atoms with Crippen LogP contribution in [0.5, 0.6) is 0 Å². The van der Waals surface area contributed by atoms with Gasteiger partial charge in [-0.3, -0.25) is 9.69 Å². The van der Waals surface area contributed by atoms with Gasteiger partial charge in [-0.1, -0.05) is 6.07 Å². The van der Waals surface area contributed by atoms with Crippen LogP contribution in [0.4, 0.5) is 5.69 Å². The number of nitrogens with zero attached hydrogens (tertiary/aromatic N) is 2. The van der Waals surface area contributed by atoms with Crippen molar-refractivity contribution in [3.8, 4) is 0 Å². The number of nitrogens with two attached hydrogens (primary N) is 1. The summed E-state index contributed by atoms with van der Waals surface area (Å²) in [6.07, 6.45) is 1.58. The minimum absolute atomic E-state index is 0.0494. The number of amides is 1. The molecule has 0 radical (unpaired) electrons. The van der Waals surface area contributed by atoms with E-state index in [1.165, 1.54) is 11.1 Å². The van der Waals surface area contributed by atoms with Crippen LogP contribution in [0.1, 0.15) is 23.6 Å². The van der Waals surface area contributed by atoms with Crippen molar-refractivity contribution in [2.45, 2.75) is 12.5 Å². The highest BCUT2D eigenvalue weighted by atomic mass is 16.2. The van der Waals surface area contributed by atoms with Crippen molar-refractivity contribution in [1.29, 1.82) is 5.41 Å². The Morgan fingerprint density at radius 3 is 2.89 bits per heavy atom. The molecule has 0 saturated heterocycles. The number of nitrogens with one attached hydrogen (secondary N) is 2. The highest BCUT2D eigenvalue weighted by Gasteiger charge is 2.25. The van der Waals surface area contributed by atoms with Gasteiger partial charge in [-0.05, 0) is 17.7 Å². The highest BCUT2D eigenvalue weighted by Crippen LogP contribution is 2.28. The highest BCUT2D eigenvalue weighted by molar-refractivity contribution is 5.98. The lowest BCUT2D eigenvalue weighted by Crippen LogP contribution is -2.42. The molecule has 0 aliphatic carbocycles. The van der Waals surface area contributed by atoms with Gasteiger partial charge in [-0.15, -0.1) is 0 Å². The maximum absolute atomic E-state index is 11.8. The Labute approximate surface area is 111 Å². The van der Waals surface area contributed by atoms with E-state index in [4.69, 9.17) is 11.1 Å². The summed E-state index contributed by atoms with van der Waals surface area (Å²) in [5.41, 5.74) is 8.25. The molecule has 100 valence electrons. The summed E-state index contributed by atoms with van der Waals surface area (Å²) >= 11 is 0. The zero-order valence-corrected chi connectivity index (χ0v) is 11.0. The third-order valence-corrected chi connectivity index (χ3v) is 3.26. The van der Waals surface area contributed by atoms with Gasteiger partial charge in [0.05, 0.1) is 12.5 Å². The van der Waals surface area contributed by atoms with Crippen LogP contribution < -0.4 is 11.1 Å². The second kappa shape index (κ2) is 5.09. The second-order valence-corrected chi connectivity index (χ2v) is 4.40. The van der Waals surface area contributed by atoms with Crippen LogP contribution in [0, 0.1) is 5.41 Å². The smallest absolute Gasteiger partial charge is 0.231 e. The minimum Gasteiger partial charge on any atom is -0.388 e. The molecule has 1 aromatic carbocycles. The molecule has 1 unspecified atom stereocenters. The fraction of sp³-hybridized carbons (Fsp3) is 0.308. The first-order valence-corrected chi connectivity index (χ1v) is 5.98. The average Bonchev–Trinajstić information content (AvgIpc) is 2.43. The van der Waals surface area contributed by atoms with Crippen molar-refractivity contribution in [1.82, 2.24) is 4.90 Å². The van der Waals surface area contributed by atoms with Crippen molar-refractivity contribution in [3.05, 3.63) is 29.3 Å². The number of guanidine groups is 1. The molecular formula is C13H17N5O. The number of anilines is 1. The van der Waals surface area contributed by atoms with E-state index in [1.54, 1.807) is 14.1 Å². The largest absolute Gasteiger partial charge is 0.388 e. The molecule has 19 heavy (non-hydrogen) atoms. The molecule has 1 amide bonds. The fourth-order valence-corrected chi connectivity index (χ4v) is 2.05. The van der Waals surface area contributed by atoms with Crippen LogP contribution in [0.2, 0.25) is 0 Å². The van der Waals surface area contributed by atoms with E-state index >= 15 is 0 Å². The summed E-state index contributed by atoms with van der Waals surface area (Å²) in [4.78, 5) is 17.4. The van der Waals surface area contributed by atoms with Crippen molar-refractivity contribution >= 4 is 23.8 Å². The molecule has 0 aromatic heterocycles. The Hall–Kier alpha value is -2.37. The maximum Gasteiger partial charge on any atom is 0.231 e. The zero-order chi connectivity index (χ0) is 14.0. The number of hydrogen-bond acceptors (Lipinski definition) is 5. The summed E-state index contributed by atoms with van der Waals surface area (Å²) in [7, 11) is 3.42. The quantitative estimate of drug-likeness (QED) is 0.705. The van der Waals surface area contributed by atoms with Gasteiger partial charge in [0, 0.05) is 31.6 Å². The molecule has 0 saturated carbocycles.